The van der Waals surface area contributed by atoms with Crippen molar-refractivity contribution in [1.82, 2.24) is 31.2 Å². The number of H-pyrrole nitrogens is 1. The molecule has 2 rings (SSSR count). The second kappa shape index (κ2) is 13.3. The molecule has 32 heavy (non-hydrogen) atoms. The number of aliphatic carboxylic acids is 1. The molecule has 0 radical (unpaired) electrons. The van der Waals surface area contributed by atoms with Crippen LogP contribution in [-0.4, -0.2) is 87.2 Å². The third kappa shape index (κ3) is 8.02. The Morgan fingerprint density at radius 3 is 2.50 bits per heavy atom. The summed E-state index contributed by atoms with van der Waals surface area (Å²) >= 11 is 5.60. The van der Waals surface area contributed by atoms with Gasteiger partial charge in [-0.3, -0.25) is 14.4 Å². The minimum absolute atomic E-state index is 0.0403. The lowest BCUT2D eigenvalue weighted by atomic mass is 10.1. The van der Waals surface area contributed by atoms with Gasteiger partial charge >= 0.3 is 5.97 Å². The molecule has 13 heteroatoms. The molecule has 1 fully saturated rings. The van der Waals surface area contributed by atoms with Gasteiger partial charge in [-0.05, 0) is 37.8 Å². The fourth-order valence-corrected chi connectivity index (χ4v) is 3.97. The summed E-state index contributed by atoms with van der Waals surface area (Å²) in [4.78, 5) is 56.4. The van der Waals surface area contributed by atoms with Gasteiger partial charge in [0.25, 0.3) is 0 Å². The standard InChI is InChI=1S/C19H30N6O5S2/c1-32-6-4-13(19(29)30)23-18(28)15(9-31)25-17(27)14(7-11-8-20-10-22-11)24-16(26)12-3-2-5-21-12/h8,10,12-15,21,31H,2-7,9H2,1H3,(H,20,22)(H,23,28)(H,24,26)(H,25,27)(H,29,30). The highest BCUT2D eigenvalue weighted by atomic mass is 32.2. The number of rotatable bonds is 13. The minimum atomic E-state index is -1.15. The van der Waals surface area contributed by atoms with Gasteiger partial charge in [0, 0.05) is 24.1 Å². The summed E-state index contributed by atoms with van der Waals surface area (Å²) in [6.45, 7) is 0.735. The molecule has 0 aliphatic carbocycles. The molecule has 0 bridgehead atoms. The van der Waals surface area contributed by atoms with Gasteiger partial charge in [0.1, 0.15) is 18.1 Å². The molecule has 11 nitrogen and oxygen atoms in total. The first-order chi connectivity index (χ1) is 15.3. The highest BCUT2D eigenvalue weighted by Gasteiger charge is 2.31. The van der Waals surface area contributed by atoms with E-state index in [4.69, 9.17) is 0 Å². The Morgan fingerprint density at radius 1 is 1.22 bits per heavy atom. The molecule has 1 aromatic heterocycles. The number of imidazole rings is 1. The topological polar surface area (TPSA) is 165 Å². The third-order valence-corrected chi connectivity index (χ3v) is 6.04. The molecular weight excluding hydrogens is 456 g/mol. The van der Waals surface area contributed by atoms with Crippen molar-refractivity contribution in [2.24, 2.45) is 0 Å². The molecule has 1 aromatic rings. The molecular formula is C19H30N6O5S2. The Balaban J connectivity index is 2.04. The number of hydrogen-bond acceptors (Lipinski definition) is 8. The number of aromatic amines is 1. The first-order valence-corrected chi connectivity index (χ1v) is 12.3. The van der Waals surface area contributed by atoms with Crippen molar-refractivity contribution in [3.8, 4) is 0 Å². The van der Waals surface area contributed by atoms with E-state index in [1.807, 2.05) is 6.26 Å². The smallest absolute Gasteiger partial charge is 0.326 e. The zero-order valence-electron chi connectivity index (χ0n) is 17.8. The van der Waals surface area contributed by atoms with Gasteiger partial charge in [-0.15, -0.1) is 0 Å². The van der Waals surface area contributed by atoms with Crippen molar-refractivity contribution in [3.63, 3.8) is 0 Å². The number of aromatic nitrogens is 2. The van der Waals surface area contributed by atoms with E-state index in [9.17, 15) is 24.3 Å². The summed E-state index contributed by atoms with van der Waals surface area (Å²) in [5.41, 5.74) is 0.639. The number of thioether (sulfide) groups is 1. The van der Waals surface area contributed by atoms with Crippen molar-refractivity contribution < 1.29 is 24.3 Å². The molecule has 1 aliphatic rings. The van der Waals surface area contributed by atoms with Crippen LogP contribution in [0.15, 0.2) is 12.5 Å². The monoisotopic (exact) mass is 486 g/mol. The molecule has 4 atom stereocenters. The number of carboxylic acid groups (broad SMARTS) is 1. The number of nitrogens with one attached hydrogen (secondary N) is 5. The number of carbonyl (C=O) groups is 4. The molecule has 0 aromatic carbocycles. The molecule has 0 saturated carbocycles. The van der Waals surface area contributed by atoms with Crippen LogP contribution in [0.4, 0.5) is 0 Å². The number of carbonyl (C=O) groups excluding carboxylic acids is 3. The van der Waals surface area contributed by atoms with Crippen molar-refractivity contribution in [2.75, 3.05) is 24.3 Å². The van der Waals surface area contributed by atoms with Gasteiger partial charge in [-0.2, -0.15) is 24.4 Å². The van der Waals surface area contributed by atoms with Crippen LogP contribution in [0.25, 0.3) is 0 Å². The van der Waals surface area contributed by atoms with Crippen LogP contribution in [0.1, 0.15) is 25.0 Å². The molecule has 3 amide bonds. The van der Waals surface area contributed by atoms with Gasteiger partial charge in [0.15, 0.2) is 0 Å². The Kier molecular flexibility index (Phi) is 10.8. The van der Waals surface area contributed by atoms with E-state index in [-0.39, 0.29) is 30.5 Å². The third-order valence-electron chi connectivity index (χ3n) is 5.03. The largest absolute Gasteiger partial charge is 0.480 e. The Morgan fingerprint density at radius 2 is 1.94 bits per heavy atom. The SMILES string of the molecule is CSCCC(NC(=O)C(CS)NC(=O)C(Cc1cnc[nH]1)NC(=O)C1CCCN1)C(=O)O. The maximum absolute atomic E-state index is 13.0. The Bertz CT molecular complexity index is 772. The summed E-state index contributed by atoms with van der Waals surface area (Å²) in [6, 6.07) is -3.45. The van der Waals surface area contributed by atoms with Crippen LogP contribution >= 0.6 is 24.4 Å². The van der Waals surface area contributed by atoms with E-state index in [1.165, 1.54) is 18.1 Å². The molecule has 4 unspecified atom stereocenters. The van der Waals surface area contributed by atoms with Crippen LogP contribution in [0.2, 0.25) is 0 Å². The highest BCUT2D eigenvalue weighted by molar-refractivity contribution is 7.98. The fraction of sp³-hybridized carbons (Fsp3) is 0.632. The molecule has 1 aliphatic heterocycles. The lowest BCUT2D eigenvalue weighted by molar-refractivity contribution is -0.142. The van der Waals surface area contributed by atoms with E-state index in [0.29, 0.717) is 17.9 Å². The van der Waals surface area contributed by atoms with Crippen LogP contribution in [0.3, 0.4) is 0 Å². The second-order valence-electron chi connectivity index (χ2n) is 7.42. The van der Waals surface area contributed by atoms with Gasteiger partial charge in [0.05, 0.1) is 12.4 Å². The van der Waals surface area contributed by atoms with Crippen molar-refractivity contribution in [1.29, 1.82) is 0 Å². The molecule has 1 saturated heterocycles. The summed E-state index contributed by atoms with van der Waals surface area (Å²) in [7, 11) is 0. The minimum Gasteiger partial charge on any atom is -0.480 e. The number of hydrogen-bond donors (Lipinski definition) is 7. The average Bonchev–Trinajstić information content (AvgIpc) is 3.48. The lowest BCUT2D eigenvalue weighted by Crippen LogP contribution is -2.58. The first kappa shape index (κ1) is 26.0. The quantitative estimate of drug-likeness (QED) is 0.173. The van der Waals surface area contributed by atoms with Gasteiger partial charge < -0.3 is 31.4 Å². The maximum atomic E-state index is 13.0. The molecule has 6 N–H and O–H groups in total. The van der Waals surface area contributed by atoms with Crippen LogP contribution in [-0.2, 0) is 25.6 Å². The maximum Gasteiger partial charge on any atom is 0.326 e. The van der Waals surface area contributed by atoms with Gasteiger partial charge in [-0.1, -0.05) is 0 Å². The van der Waals surface area contributed by atoms with Crippen LogP contribution < -0.4 is 21.3 Å². The van der Waals surface area contributed by atoms with Crippen molar-refractivity contribution in [2.45, 2.75) is 49.9 Å². The average molecular weight is 487 g/mol. The Hall–Kier alpha value is -2.25. The van der Waals surface area contributed by atoms with Crippen LogP contribution in [0, 0.1) is 0 Å². The van der Waals surface area contributed by atoms with Gasteiger partial charge in [-0.25, -0.2) is 9.78 Å². The Labute approximate surface area is 196 Å². The normalized spacial score (nSPS) is 18.4. The summed E-state index contributed by atoms with van der Waals surface area (Å²) in [5, 5.41) is 20.2. The molecule has 2 heterocycles. The predicted molar refractivity (Wildman–Crippen MR) is 124 cm³/mol. The summed E-state index contributed by atoms with van der Waals surface area (Å²) < 4.78 is 0. The summed E-state index contributed by atoms with van der Waals surface area (Å²) in [5.74, 6) is -2.14. The number of amides is 3. The fourth-order valence-electron chi connectivity index (χ4n) is 3.24. The van der Waals surface area contributed by atoms with Crippen molar-refractivity contribution in [3.05, 3.63) is 18.2 Å². The molecule has 178 valence electrons. The van der Waals surface area contributed by atoms with E-state index >= 15 is 0 Å². The van der Waals surface area contributed by atoms with E-state index in [1.54, 1.807) is 6.20 Å². The van der Waals surface area contributed by atoms with E-state index < -0.39 is 35.9 Å². The second-order valence-corrected chi connectivity index (χ2v) is 8.77. The van der Waals surface area contributed by atoms with Crippen molar-refractivity contribution >= 4 is 48.1 Å². The first-order valence-electron chi connectivity index (χ1n) is 10.3. The van der Waals surface area contributed by atoms with E-state index in [0.717, 1.165) is 13.0 Å². The van der Waals surface area contributed by atoms with Crippen LogP contribution in [0.5, 0.6) is 0 Å². The highest BCUT2D eigenvalue weighted by Crippen LogP contribution is 2.07. The summed E-state index contributed by atoms with van der Waals surface area (Å²) in [6.07, 6.45) is 6.81. The lowest BCUT2D eigenvalue weighted by Gasteiger charge is -2.24. The zero-order chi connectivity index (χ0) is 23.5. The number of carboxylic acids is 1. The number of thiol groups is 1. The number of nitrogens with zero attached hydrogens (tertiary/aromatic N) is 1. The zero-order valence-corrected chi connectivity index (χ0v) is 19.5. The van der Waals surface area contributed by atoms with Gasteiger partial charge in [0.2, 0.25) is 17.7 Å². The van der Waals surface area contributed by atoms with E-state index in [2.05, 4.69) is 43.9 Å². The predicted octanol–water partition coefficient (Wildman–Crippen LogP) is -1.07. The molecule has 0 spiro atoms.